The van der Waals surface area contributed by atoms with Gasteiger partial charge < -0.3 is 10.1 Å². The Balaban J connectivity index is 1.76. The number of urea groups is 1. The highest BCUT2D eigenvalue weighted by atomic mass is 79.9. The number of hydrogen-bond donors (Lipinski definition) is 1. The molecule has 1 heterocycles. The molecule has 0 aliphatic carbocycles. The van der Waals surface area contributed by atoms with Crippen molar-refractivity contribution in [2.45, 2.75) is 6.54 Å². The van der Waals surface area contributed by atoms with Crippen LogP contribution in [-0.4, -0.2) is 23.4 Å². The van der Waals surface area contributed by atoms with E-state index in [0.717, 1.165) is 16.0 Å². The summed E-state index contributed by atoms with van der Waals surface area (Å²) < 4.78 is 6.08. The predicted octanol–water partition coefficient (Wildman–Crippen LogP) is 4.21. The Morgan fingerprint density at radius 1 is 1.22 bits per heavy atom. The van der Waals surface area contributed by atoms with Crippen LogP contribution in [0.1, 0.15) is 11.1 Å². The van der Waals surface area contributed by atoms with E-state index in [9.17, 15) is 9.59 Å². The SMILES string of the molecule is C#CCOc1ccc(/C=C2/NC(=O)N(Cc3ccc(Cl)cc3)C2=O)cc1Br. The van der Waals surface area contributed by atoms with Crippen molar-refractivity contribution in [3.05, 3.63) is 68.8 Å². The topological polar surface area (TPSA) is 58.6 Å². The fraction of sp³-hybridized carbons (Fsp3) is 0.100. The molecular formula is C20H14BrClN2O3. The zero-order chi connectivity index (χ0) is 19.4. The lowest BCUT2D eigenvalue weighted by molar-refractivity contribution is -0.123. The van der Waals surface area contributed by atoms with Gasteiger partial charge in [0, 0.05) is 5.02 Å². The first-order chi connectivity index (χ1) is 13.0. The average molecular weight is 446 g/mol. The van der Waals surface area contributed by atoms with Gasteiger partial charge in [0.25, 0.3) is 5.91 Å². The van der Waals surface area contributed by atoms with E-state index >= 15 is 0 Å². The van der Waals surface area contributed by atoms with E-state index in [1.807, 2.05) is 0 Å². The normalized spacial score (nSPS) is 15.0. The van der Waals surface area contributed by atoms with E-state index in [1.165, 1.54) is 0 Å². The molecule has 0 unspecified atom stereocenters. The smallest absolute Gasteiger partial charge is 0.329 e. The maximum atomic E-state index is 12.6. The Labute approximate surface area is 170 Å². The van der Waals surface area contributed by atoms with E-state index in [1.54, 1.807) is 48.5 Å². The van der Waals surface area contributed by atoms with Crippen molar-refractivity contribution in [3.63, 3.8) is 0 Å². The molecule has 2 aromatic carbocycles. The summed E-state index contributed by atoms with van der Waals surface area (Å²) in [7, 11) is 0. The number of terminal acetylenes is 1. The number of carbonyl (C=O) groups is 2. The number of benzene rings is 2. The van der Waals surface area contributed by atoms with Crippen LogP contribution in [0.15, 0.2) is 52.6 Å². The molecule has 3 rings (SSSR count). The van der Waals surface area contributed by atoms with Crippen LogP contribution in [0.5, 0.6) is 5.75 Å². The molecule has 27 heavy (non-hydrogen) atoms. The third-order valence-electron chi connectivity index (χ3n) is 3.79. The van der Waals surface area contributed by atoms with Crippen molar-refractivity contribution in [2.24, 2.45) is 0 Å². The summed E-state index contributed by atoms with van der Waals surface area (Å²) in [6.07, 6.45) is 6.79. The molecule has 2 aromatic rings. The van der Waals surface area contributed by atoms with Crippen molar-refractivity contribution in [2.75, 3.05) is 6.61 Å². The predicted molar refractivity (Wildman–Crippen MR) is 107 cm³/mol. The first-order valence-electron chi connectivity index (χ1n) is 7.92. The van der Waals surface area contributed by atoms with Crippen LogP contribution in [0.4, 0.5) is 4.79 Å². The molecule has 0 saturated carbocycles. The third-order valence-corrected chi connectivity index (χ3v) is 4.67. The summed E-state index contributed by atoms with van der Waals surface area (Å²) in [6, 6.07) is 11.8. The Kier molecular flexibility index (Phi) is 5.84. The summed E-state index contributed by atoms with van der Waals surface area (Å²) in [6.45, 7) is 0.328. The molecule has 1 fully saturated rings. The van der Waals surface area contributed by atoms with E-state index in [-0.39, 0.29) is 18.8 Å². The Morgan fingerprint density at radius 3 is 2.63 bits per heavy atom. The second kappa shape index (κ2) is 8.30. The van der Waals surface area contributed by atoms with Crippen LogP contribution >= 0.6 is 27.5 Å². The maximum Gasteiger partial charge on any atom is 0.329 e. The van der Waals surface area contributed by atoms with Gasteiger partial charge in [-0.15, -0.1) is 6.42 Å². The maximum absolute atomic E-state index is 12.6. The lowest BCUT2D eigenvalue weighted by Gasteiger charge is -2.11. The monoisotopic (exact) mass is 444 g/mol. The summed E-state index contributed by atoms with van der Waals surface area (Å²) in [4.78, 5) is 25.9. The summed E-state index contributed by atoms with van der Waals surface area (Å²) >= 11 is 9.26. The molecule has 0 radical (unpaired) electrons. The van der Waals surface area contributed by atoms with Gasteiger partial charge in [0.2, 0.25) is 0 Å². The van der Waals surface area contributed by atoms with Crippen molar-refractivity contribution >= 4 is 45.5 Å². The Morgan fingerprint density at radius 2 is 1.96 bits per heavy atom. The van der Waals surface area contributed by atoms with Crippen LogP contribution in [0.25, 0.3) is 6.08 Å². The van der Waals surface area contributed by atoms with Gasteiger partial charge in [-0.25, -0.2) is 4.79 Å². The van der Waals surface area contributed by atoms with Crippen LogP contribution in [-0.2, 0) is 11.3 Å². The number of amides is 3. The quantitative estimate of drug-likeness (QED) is 0.426. The van der Waals surface area contributed by atoms with Crippen molar-refractivity contribution in [1.82, 2.24) is 10.2 Å². The van der Waals surface area contributed by atoms with Crippen LogP contribution in [0, 0.1) is 12.3 Å². The number of hydrogen-bond acceptors (Lipinski definition) is 3. The zero-order valence-corrected chi connectivity index (χ0v) is 16.4. The summed E-state index contributed by atoms with van der Waals surface area (Å²) in [5, 5.41) is 3.20. The van der Waals surface area contributed by atoms with Crippen molar-refractivity contribution in [3.8, 4) is 18.1 Å². The molecule has 1 aliphatic rings. The molecule has 0 atom stereocenters. The lowest BCUT2D eigenvalue weighted by atomic mass is 10.1. The van der Waals surface area contributed by atoms with Gasteiger partial charge in [-0.2, -0.15) is 0 Å². The Bertz CT molecular complexity index is 964. The largest absolute Gasteiger partial charge is 0.480 e. The minimum atomic E-state index is -0.464. The number of carbonyl (C=O) groups excluding carboxylic acids is 2. The second-order valence-corrected chi connectivity index (χ2v) is 6.98. The molecule has 5 nitrogen and oxygen atoms in total. The van der Waals surface area contributed by atoms with Gasteiger partial charge >= 0.3 is 6.03 Å². The molecule has 0 bridgehead atoms. The van der Waals surface area contributed by atoms with E-state index < -0.39 is 11.9 Å². The number of nitrogens with zero attached hydrogens (tertiary/aromatic N) is 1. The number of nitrogens with one attached hydrogen (secondary N) is 1. The summed E-state index contributed by atoms with van der Waals surface area (Å²) in [5.41, 5.74) is 1.74. The molecule has 7 heteroatoms. The second-order valence-electron chi connectivity index (χ2n) is 5.69. The summed E-state index contributed by atoms with van der Waals surface area (Å²) in [5.74, 6) is 2.60. The van der Waals surface area contributed by atoms with Crippen LogP contribution in [0.2, 0.25) is 5.02 Å². The van der Waals surface area contributed by atoms with Gasteiger partial charge in [-0.3, -0.25) is 9.69 Å². The van der Waals surface area contributed by atoms with Gasteiger partial charge in [0.05, 0.1) is 11.0 Å². The number of rotatable bonds is 5. The average Bonchev–Trinajstić information content (AvgIpc) is 2.90. The number of ether oxygens (including phenoxy) is 1. The van der Waals surface area contributed by atoms with Crippen LogP contribution < -0.4 is 10.1 Å². The van der Waals surface area contributed by atoms with Crippen molar-refractivity contribution < 1.29 is 14.3 Å². The van der Waals surface area contributed by atoms with E-state index in [4.69, 9.17) is 22.8 Å². The van der Waals surface area contributed by atoms with E-state index in [2.05, 4.69) is 27.2 Å². The molecule has 0 aromatic heterocycles. The van der Waals surface area contributed by atoms with Gasteiger partial charge in [0.15, 0.2) is 0 Å². The fourth-order valence-corrected chi connectivity index (χ4v) is 3.13. The lowest BCUT2D eigenvalue weighted by Crippen LogP contribution is -2.30. The molecule has 3 amide bonds. The number of imide groups is 1. The Hall–Kier alpha value is -2.75. The van der Waals surface area contributed by atoms with Gasteiger partial charge in [0.1, 0.15) is 18.1 Å². The first kappa shape index (κ1) is 19.0. The molecule has 1 aliphatic heterocycles. The van der Waals surface area contributed by atoms with Crippen LogP contribution in [0.3, 0.4) is 0 Å². The van der Waals surface area contributed by atoms with Crippen molar-refractivity contribution in [1.29, 1.82) is 0 Å². The highest BCUT2D eigenvalue weighted by molar-refractivity contribution is 9.10. The molecule has 1 N–H and O–H groups in total. The first-order valence-corrected chi connectivity index (χ1v) is 9.10. The molecular weight excluding hydrogens is 432 g/mol. The highest BCUT2D eigenvalue weighted by Gasteiger charge is 2.33. The molecule has 136 valence electrons. The van der Waals surface area contributed by atoms with E-state index in [0.29, 0.717) is 15.2 Å². The minimum Gasteiger partial charge on any atom is -0.480 e. The molecule has 0 spiro atoms. The third kappa shape index (κ3) is 4.51. The zero-order valence-electron chi connectivity index (χ0n) is 14.0. The molecule has 1 saturated heterocycles. The standard InChI is InChI=1S/C20H14BrClN2O3/c1-2-9-27-18-8-5-14(10-16(18)21)11-17-19(25)24(20(26)23-17)12-13-3-6-15(22)7-4-13/h1,3-8,10-11H,9,12H2,(H,23,26)/b17-11+. The number of halogens is 2. The van der Waals surface area contributed by atoms with Gasteiger partial charge in [-0.05, 0) is 57.4 Å². The highest BCUT2D eigenvalue weighted by Crippen LogP contribution is 2.27. The fourth-order valence-electron chi connectivity index (χ4n) is 2.50. The van der Waals surface area contributed by atoms with Gasteiger partial charge in [-0.1, -0.05) is 35.7 Å². The minimum absolute atomic E-state index is 0.160.